The molecule has 4 aliphatic carbocycles. The molecule has 7 heteroatoms. The van der Waals surface area contributed by atoms with Gasteiger partial charge in [-0.25, -0.2) is 4.79 Å². The average molecular weight is 348 g/mol. The first kappa shape index (κ1) is 16.8. The van der Waals surface area contributed by atoms with E-state index in [1.165, 1.54) is 19.3 Å². The minimum Gasteiger partial charge on any atom is -0.354 e. The molecule has 5 aliphatic rings. The number of rotatable bonds is 3. The van der Waals surface area contributed by atoms with E-state index >= 15 is 0 Å². The molecule has 3 N–H and O–H groups in total. The van der Waals surface area contributed by atoms with Gasteiger partial charge in [-0.15, -0.1) is 0 Å². The van der Waals surface area contributed by atoms with Gasteiger partial charge in [0.25, 0.3) is 0 Å². The molecule has 5 rings (SSSR count). The Labute approximate surface area is 148 Å². The Morgan fingerprint density at radius 3 is 2.32 bits per heavy atom. The number of nitrogens with zero attached hydrogens (tertiary/aromatic N) is 1. The third-order valence-corrected chi connectivity index (χ3v) is 6.65. The van der Waals surface area contributed by atoms with E-state index in [9.17, 15) is 14.4 Å². The molecule has 7 nitrogen and oxygen atoms in total. The number of carbonyl (C=O) groups excluding carboxylic acids is 3. The summed E-state index contributed by atoms with van der Waals surface area (Å²) in [6, 6.07) is -0.867. The highest BCUT2D eigenvalue weighted by atomic mass is 16.2. The van der Waals surface area contributed by atoms with E-state index in [2.05, 4.69) is 16.0 Å². The fourth-order valence-corrected chi connectivity index (χ4v) is 5.91. The van der Waals surface area contributed by atoms with E-state index in [0.29, 0.717) is 13.1 Å². The Kier molecular flexibility index (Phi) is 4.22. The van der Waals surface area contributed by atoms with E-state index in [0.717, 1.165) is 37.0 Å². The number of urea groups is 1. The van der Waals surface area contributed by atoms with Crippen molar-refractivity contribution in [3.8, 4) is 0 Å². The quantitative estimate of drug-likeness (QED) is 0.697. The average Bonchev–Trinajstić information content (AvgIpc) is 2.52. The molecule has 4 saturated carbocycles. The van der Waals surface area contributed by atoms with Gasteiger partial charge in [0.1, 0.15) is 0 Å². The van der Waals surface area contributed by atoms with Gasteiger partial charge in [0.15, 0.2) is 0 Å². The van der Waals surface area contributed by atoms with Crippen LogP contribution in [0.5, 0.6) is 0 Å². The monoisotopic (exact) mass is 348 g/mol. The molecule has 0 aromatic rings. The smallest absolute Gasteiger partial charge is 0.321 e. The maximum atomic E-state index is 12.4. The molecule has 4 bridgehead atoms. The second-order valence-corrected chi connectivity index (χ2v) is 8.64. The highest BCUT2D eigenvalue weighted by molar-refractivity contribution is 5.97. The van der Waals surface area contributed by atoms with Crippen molar-refractivity contribution in [1.29, 1.82) is 0 Å². The lowest BCUT2D eigenvalue weighted by molar-refractivity contribution is -0.129. The number of hydrogen-bond acceptors (Lipinski definition) is 4. The lowest BCUT2D eigenvalue weighted by Gasteiger charge is -2.56. The van der Waals surface area contributed by atoms with Gasteiger partial charge in [0, 0.05) is 18.6 Å². The summed E-state index contributed by atoms with van der Waals surface area (Å²) < 4.78 is 0. The van der Waals surface area contributed by atoms with Crippen molar-refractivity contribution in [2.75, 3.05) is 19.6 Å². The molecule has 1 atom stereocenters. The Bertz CT molecular complexity index is 556. The van der Waals surface area contributed by atoms with Crippen molar-refractivity contribution in [3.05, 3.63) is 0 Å². The molecule has 0 aromatic heterocycles. The molecule has 0 radical (unpaired) electrons. The van der Waals surface area contributed by atoms with Gasteiger partial charge in [-0.2, -0.15) is 0 Å². The summed E-state index contributed by atoms with van der Waals surface area (Å²) in [4.78, 5) is 38.1. The minimum absolute atomic E-state index is 0.0797. The molecular weight excluding hydrogens is 320 g/mol. The van der Waals surface area contributed by atoms with Gasteiger partial charge in [0.05, 0.1) is 12.6 Å². The van der Waals surface area contributed by atoms with Crippen LogP contribution in [-0.4, -0.2) is 54.0 Å². The van der Waals surface area contributed by atoms with Gasteiger partial charge >= 0.3 is 6.03 Å². The van der Waals surface area contributed by atoms with E-state index in [1.807, 2.05) is 0 Å². The number of imide groups is 1. The standard InChI is InChI=1S/C18H28N4O3/c1-11(22-3-2-19-15(23)10-22)16(24)20-17(25)21-18-7-12-4-13(8-18)6-14(5-12)9-18/h11-14H,2-10H2,1H3,(H,19,23)(H2,20,21,24,25)/t11-,12?,13?,14?,18?/m0/s1. The van der Waals surface area contributed by atoms with Crippen LogP contribution >= 0.6 is 0 Å². The van der Waals surface area contributed by atoms with E-state index in [4.69, 9.17) is 0 Å². The van der Waals surface area contributed by atoms with Crippen LogP contribution in [0.2, 0.25) is 0 Å². The Hall–Kier alpha value is -1.63. The van der Waals surface area contributed by atoms with Crippen LogP contribution in [0.25, 0.3) is 0 Å². The lowest BCUT2D eigenvalue weighted by Crippen LogP contribution is -2.63. The zero-order valence-electron chi connectivity index (χ0n) is 14.8. The van der Waals surface area contributed by atoms with E-state index in [1.54, 1.807) is 11.8 Å². The van der Waals surface area contributed by atoms with Gasteiger partial charge in [-0.3, -0.25) is 19.8 Å². The van der Waals surface area contributed by atoms with Gasteiger partial charge in [-0.1, -0.05) is 0 Å². The zero-order valence-corrected chi connectivity index (χ0v) is 14.8. The molecule has 4 amide bonds. The number of amides is 4. The predicted octanol–water partition coefficient (Wildman–Crippen LogP) is 0.601. The first-order chi connectivity index (χ1) is 11.9. The van der Waals surface area contributed by atoms with Crippen LogP contribution in [0.1, 0.15) is 45.4 Å². The molecule has 25 heavy (non-hydrogen) atoms. The minimum atomic E-state index is -0.492. The molecule has 1 heterocycles. The maximum absolute atomic E-state index is 12.4. The second-order valence-electron chi connectivity index (χ2n) is 8.64. The molecule has 0 unspecified atom stereocenters. The topological polar surface area (TPSA) is 90.5 Å². The molecule has 5 fully saturated rings. The fraction of sp³-hybridized carbons (Fsp3) is 0.833. The molecule has 138 valence electrons. The predicted molar refractivity (Wildman–Crippen MR) is 91.6 cm³/mol. The van der Waals surface area contributed by atoms with Crippen LogP contribution in [0.4, 0.5) is 4.79 Å². The number of piperazine rings is 1. The summed E-state index contributed by atoms with van der Waals surface area (Å²) in [5, 5.41) is 8.40. The molecule has 0 spiro atoms. The third kappa shape index (κ3) is 3.38. The summed E-state index contributed by atoms with van der Waals surface area (Å²) in [7, 11) is 0. The Balaban J connectivity index is 1.33. The van der Waals surface area contributed by atoms with Gasteiger partial charge < -0.3 is 10.6 Å². The third-order valence-electron chi connectivity index (χ3n) is 6.65. The highest BCUT2D eigenvalue weighted by Crippen LogP contribution is 2.55. The normalized spacial score (nSPS) is 38.1. The van der Waals surface area contributed by atoms with Crippen molar-refractivity contribution >= 4 is 17.8 Å². The first-order valence-electron chi connectivity index (χ1n) is 9.56. The van der Waals surface area contributed by atoms with Gasteiger partial charge in [-0.05, 0) is 63.2 Å². The number of nitrogens with one attached hydrogen (secondary N) is 3. The summed E-state index contributed by atoms with van der Waals surface area (Å²) >= 11 is 0. The summed E-state index contributed by atoms with van der Waals surface area (Å²) in [5.41, 5.74) is -0.104. The van der Waals surface area contributed by atoms with Crippen LogP contribution < -0.4 is 16.0 Å². The molecule has 1 saturated heterocycles. The zero-order chi connectivity index (χ0) is 17.6. The summed E-state index contributed by atoms with van der Waals surface area (Å²) in [6.45, 7) is 3.10. The first-order valence-corrected chi connectivity index (χ1v) is 9.56. The van der Waals surface area contributed by atoms with Crippen molar-refractivity contribution in [1.82, 2.24) is 20.9 Å². The van der Waals surface area contributed by atoms with Gasteiger partial charge in [0.2, 0.25) is 11.8 Å². The van der Waals surface area contributed by atoms with Crippen LogP contribution in [0.15, 0.2) is 0 Å². The summed E-state index contributed by atoms with van der Waals surface area (Å²) in [6.07, 6.45) is 7.12. The van der Waals surface area contributed by atoms with Crippen molar-refractivity contribution < 1.29 is 14.4 Å². The van der Waals surface area contributed by atoms with E-state index in [-0.39, 0.29) is 29.9 Å². The number of carbonyl (C=O) groups is 3. The summed E-state index contributed by atoms with van der Waals surface area (Å²) in [5.74, 6) is 1.81. The van der Waals surface area contributed by atoms with Crippen LogP contribution in [0.3, 0.4) is 0 Å². The SMILES string of the molecule is C[C@@H](C(=O)NC(=O)NC12CC3CC(CC(C3)C1)C2)N1CCNC(=O)C1. The number of hydrogen-bond donors (Lipinski definition) is 3. The van der Waals surface area contributed by atoms with Crippen molar-refractivity contribution in [2.45, 2.75) is 57.0 Å². The maximum Gasteiger partial charge on any atom is 0.321 e. The Morgan fingerprint density at radius 2 is 1.76 bits per heavy atom. The molecule has 1 aliphatic heterocycles. The van der Waals surface area contributed by atoms with E-state index < -0.39 is 6.04 Å². The van der Waals surface area contributed by atoms with Crippen LogP contribution in [-0.2, 0) is 9.59 Å². The van der Waals surface area contributed by atoms with Crippen molar-refractivity contribution in [2.24, 2.45) is 17.8 Å². The highest BCUT2D eigenvalue weighted by Gasteiger charge is 2.51. The largest absolute Gasteiger partial charge is 0.354 e. The molecule has 0 aromatic carbocycles. The van der Waals surface area contributed by atoms with Crippen LogP contribution in [0, 0.1) is 17.8 Å². The molecular formula is C18H28N4O3. The lowest BCUT2D eigenvalue weighted by atomic mass is 9.53. The Morgan fingerprint density at radius 1 is 1.16 bits per heavy atom. The van der Waals surface area contributed by atoms with Crippen molar-refractivity contribution in [3.63, 3.8) is 0 Å². The fourth-order valence-electron chi connectivity index (χ4n) is 5.91. The second kappa shape index (κ2) is 6.27.